The minimum Gasteiger partial charge on any atom is -0.756 e. The first-order chi connectivity index (χ1) is 27.3. The van der Waals surface area contributed by atoms with Crippen molar-refractivity contribution in [2.24, 2.45) is 0 Å². The molecule has 15 nitrogen and oxygen atoms in total. The zero-order chi connectivity index (χ0) is 41.8. The molecule has 3 atom stereocenters. The molecule has 1 heterocycles. The van der Waals surface area contributed by atoms with Crippen LogP contribution in [0.1, 0.15) is 148 Å². The van der Waals surface area contributed by atoms with Gasteiger partial charge in [0.15, 0.2) is 5.52 Å². The summed E-state index contributed by atoms with van der Waals surface area (Å²) in [4.78, 5) is 36.0. The van der Waals surface area contributed by atoms with Crippen molar-refractivity contribution in [2.75, 3.05) is 52.8 Å². The molecule has 0 fully saturated rings. The molecule has 0 aliphatic heterocycles. The van der Waals surface area contributed by atoms with Gasteiger partial charge in [0.25, 0.3) is 7.82 Å². The molecule has 1 aromatic carbocycles. The lowest BCUT2D eigenvalue weighted by Gasteiger charge is -2.29. The van der Waals surface area contributed by atoms with E-state index in [0.29, 0.717) is 35.2 Å². The van der Waals surface area contributed by atoms with Crippen molar-refractivity contribution in [2.45, 2.75) is 160 Å². The second-order valence-corrected chi connectivity index (χ2v) is 17.6. The van der Waals surface area contributed by atoms with E-state index >= 15 is 0 Å². The predicted octanol–water partition coefficient (Wildman–Crippen LogP) is 8.75. The normalized spacial score (nSPS) is 14.2. The van der Waals surface area contributed by atoms with Crippen LogP contribution in [0.5, 0.6) is 0 Å². The van der Waals surface area contributed by atoms with Gasteiger partial charge in [0.05, 0.1) is 50.5 Å². The van der Waals surface area contributed by atoms with Crippen molar-refractivity contribution in [3.8, 4) is 0 Å². The maximum absolute atomic E-state index is 12.8. The lowest BCUT2D eigenvalue weighted by molar-refractivity contribution is -0.870. The number of carbonyl (C=O) groups excluding carboxylic acids is 1. The minimum absolute atomic E-state index is 0.0318. The average molecular weight is 825 g/mol. The number of nitrogens with zero attached hydrogens (tertiary/aromatic N) is 4. The summed E-state index contributed by atoms with van der Waals surface area (Å²) in [5.41, 5.74) is 1.01. The first-order valence-corrected chi connectivity index (χ1v) is 23.0. The first-order valence-electron chi connectivity index (χ1n) is 21.5. The second-order valence-electron chi connectivity index (χ2n) is 16.2. The number of nitro benzene ring substituents is 1. The molecule has 2 rings (SSSR count). The summed E-state index contributed by atoms with van der Waals surface area (Å²) in [6.07, 6.45) is 26.4. The van der Waals surface area contributed by atoms with Crippen molar-refractivity contribution in [1.29, 1.82) is 0 Å². The minimum atomic E-state index is -4.63. The van der Waals surface area contributed by atoms with Crippen LogP contribution in [0, 0.1) is 10.1 Å². The molecule has 0 saturated heterocycles. The number of likely N-dealkylation sites (N-methyl/N-ethyl adjacent to an activating group) is 1. The van der Waals surface area contributed by atoms with Crippen LogP contribution in [0.25, 0.3) is 11.0 Å². The fraction of sp³-hybridized carbons (Fsp3) is 0.780. The number of amides is 1. The summed E-state index contributed by atoms with van der Waals surface area (Å²) >= 11 is 0. The molecule has 326 valence electrons. The molecule has 0 radical (unpaired) electrons. The number of nitro groups is 1. The number of benzene rings is 1. The fourth-order valence-corrected chi connectivity index (χ4v) is 7.17. The molecular weight excluding hydrogens is 751 g/mol. The quantitative estimate of drug-likeness (QED) is 0.0147. The van der Waals surface area contributed by atoms with Gasteiger partial charge in [0.1, 0.15) is 13.2 Å². The highest BCUT2D eigenvalue weighted by Gasteiger charge is 2.23. The Kier molecular flexibility index (Phi) is 25.8. The highest BCUT2D eigenvalue weighted by molar-refractivity contribution is 7.45. The van der Waals surface area contributed by atoms with Gasteiger partial charge >= 0.3 is 5.69 Å². The lowest BCUT2D eigenvalue weighted by atomic mass is 10.0. The van der Waals surface area contributed by atoms with Crippen molar-refractivity contribution in [3.63, 3.8) is 0 Å². The number of fused-ring (bicyclic) bond motifs is 1. The molecule has 3 N–H and O–H groups in total. The number of aliphatic hydroxyl groups excluding tert-OH is 1. The van der Waals surface area contributed by atoms with E-state index in [0.717, 1.165) is 70.6 Å². The van der Waals surface area contributed by atoms with Gasteiger partial charge in [-0.15, -0.1) is 0 Å². The van der Waals surface area contributed by atoms with E-state index in [2.05, 4.69) is 27.9 Å². The number of aromatic nitrogens is 2. The molecule has 1 amide bonds. The van der Waals surface area contributed by atoms with Gasteiger partial charge < -0.3 is 34.2 Å². The molecule has 1 aromatic heterocycles. The lowest BCUT2D eigenvalue weighted by Crippen LogP contribution is -2.45. The number of nitrogens with one attached hydrogen (secondary N) is 2. The molecule has 0 spiro atoms. The zero-order valence-electron chi connectivity index (χ0n) is 35.3. The topological polar surface area (TPSA) is 202 Å². The Hall–Kier alpha value is -2.94. The van der Waals surface area contributed by atoms with Crippen LogP contribution in [0.3, 0.4) is 0 Å². The number of anilines is 1. The van der Waals surface area contributed by atoms with E-state index in [-0.39, 0.29) is 23.7 Å². The van der Waals surface area contributed by atoms with Gasteiger partial charge in [0, 0.05) is 19.0 Å². The summed E-state index contributed by atoms with van der Waals surface area (Å²) in [5, 5.41) is 35.7. The molecule has 2 aromatic rings. The van der Waals surface area contributed by atoms with Gasteiger partial charge in [0.2, 0.25) is 11.4 Å². The van der Waals surface area contributed by atoms with Crippen LogP contribution in [0.2, 0.25) is 0 Å². The van der Waals surface area contributed by atoms with Crippen LogP contribution >= 0.6 is 7.82 Å². The number of quaternary nitrogens is 1. The number of hydrogen-bond acceptors (Lipinski definition) is 12. The summed E-state index contributed by atoms with van der Waals surface area (Å²) in [5.74, 6) is -0.238. The van der Waals surface area contributed by atoms with Gasteiger partial charge in [-0.1, -0.05) is 128 Å². The van der Waals surface area contributed by atoms with Crippen LogP contribution in [0.4, 0.5) is 11.4 Å². The van der Waals surface area contributed by atoms with Crippen molar-refractivity contribution < 1.29 is 42.4 Å². The van der Waals surface area contributed by atoms with Crippen LogP contribution in [0.15, 0.2) is 28.9 Å². The Labute approximate surface area is 341 Å². The predicted molar refractivity (Wildman–Crippen MR) is 224 cm³/mol. The molecule has 57 heavy (non-hydrogen) atoms. The summed E-state index contributed by atoms with van der Waals surface area (Å²) in [7, 11) is 1.15. The third-order valence-electron chi connectivity index (χ3n) is 9.98. The molecular formula is C41H73N6O9P. The zero-order valence-corrected chi connectivity index (χ0v) is 36.2. The highest BCUT2D eigenvalue weighted by atomic mass is 31.2. The number of phosphoric ester groups is 1. The first kappa shape index (κ1) is 50.2. The van der Waals surface area contributed by atoms with E-state index in [4.69, 9.17) is 13.7 Å². The van der Waals surface area contributed by atoms with E-state index in [1.807, 2.05) is 27.2 Å². The Balaban J connectivity index is 1.66. The fourth-order valence-electron chi connectivity index (χ4n) is 6.45. The summed E-state index contributed by atoms with van der Waals surface area (Å²) in [6, 6.07) is 2.09. The van der Waals surface area contributed by atoms with Gasteiger partial charge in [-0.05, 0) is 42.1 Å². The summed E-state index contributed by atoms with van der Waals surface area (Å²) in [6.45, 7) is 2.96. The Morgan fingerprint density at radius 3 is 2.04 bits per heavy atom. The van der Waals surface area contributed by atoms with Crippen molar-refractivity contribution in [1.82, 2.24) is 15.6 Å². The molecule has 0 saturated carbocycles. The molecule has 16 heteroatoms. The SMILES string of the molecule is CCCCCCCCCCCCCCCC(=O)N[C@@H](COP(=O)([O-])OCC[N+](C)(C)C)[C@H](O)/C=C/CCCCCCCCCNc1ccc([N+](=O)[O-])c2nonc12. The maximum atomic E-state index is 12.8. The van der Waals surface area contributed by atoms with E-state index in [1.165, 1.54) is 70.3 Å². The van der Waals surface area contributed by atoms with Crippen LogP contribution in [-0.2, 0) is 18.4 Å². The molecule has 0 bridgehead atoms. The second kappa shape index (κ2) is 29.3. The van der Waals surface area contributed by atoms with E-state index in [1.54, 1.807) is 12.1 Å². The largest absolute Gasteiger partial charge is 0.756 e. The standard InChI is InChI=1S/C41H73N6O9P/c1-5-6-7-8-9-10-11-12-13-16-19-22-25-28-39(49)43-36(34-55-57(52,53)54-33-32-47(2,3)4)38(48)27-24-21-18-15-14-17-20-23-26-31-42-35-29-30-37(46(50)51)41-40(35)44-56-45-41/h24,27,29-30,36,38,48H,5-23,25-26,28,31-34H2,1-4H3,(H2-,42,43,45,49,52,53)/b27-24+/t36-,38+/m0/s1. The van der Waals surface area contributed by atoms with Crippen molar-refractivity contribution >= 4 is 36.1 Å². The van der Waals surface area contributed by atoms with Crippen LogP contribution in [-0.4, -0.2) is 90.3 Å². The third kappa shape index (κ3) is 23.9. The smallest absolute Gasteiger partial charge is 0.300 e. The maximum Gasteiger partial charge on any atom is 0.300 e. The van der Waals surface area contributed by atoms with E-state index < -0.39 is 31.5 Å². The van der Waals surface area contributed by atoms with Gasteiger partial charge in [-0.25, -0.2) is 4.63 Å². The Morgan fingerprint density at radius 1 is 0.877 bits per heavy atom. The van der Waals surface area contributed by atoms with Crippen molar-refractivity contribution in [3.05, 3.63) is 34.4 Å². The number of rotatable bonds is 36. The highest BCUT2D eigenvalue weighted by Crippen LogP contribution is 2.38. The Bertz CT molecular complexity index is 1470. The van der Waals surface area contributed by atoms with E-state index in [9.17, 15) is 29.5 Å². The molecule has 1 unspecified atom stereocenters. The number of non-ortho nitro benzene ring substituents is 1. The average Bonchev–Trinajstić information content (AvgIpc) is 3.65. The molecule has 0 aliphatic rings. The number of unbranched alkanes of at least 4 members (excludes halogenated alkanes) is 19. The van der Waals surface area contributed by atoms with Gasteiger partial charge in [-0.2, -0.15) is 0 Å². The van der Waals surface area contributed by atoms with Crippen LogP contribution < -0.4 is 15.5 Å². The summed E-state index contributed by atoms with van der Waals surface area (Å²) < 4.78 is 27.9. The third-order valence-corrected chi connectivity index (χ3v) is 10.9. The number of carbonyl (C=O) groups is 1. The number of allylic oxidation sites excluding steroid dienone is 1. The Morgan fingerprint density at radius 2 is 1.44 bits per heavy atom. The molecule has 0 aliphatic carbocycles. The van der Waals surface area contributed by atoms with Gasteiger partial charge in [-0.3, -0.25) is 19.5 Å². The number of hydrogen-bond donors (Lipinski definition) is 3. The monoisotopic (exact) mass is 825 g/mol. The number of phosphoric acid groups is 1. The number of aliphatic hydroxyl groups is 1.